The Labute approximate surface area is 367 Å². The standard InChI is InChI=1S/C40H49F3N6O14S/c41-40(42,43)39(48-49-39)22-7-10-24(35(55)46-32-34(54)33(53)28(19-50)63-37(32)62-27(36(56)57)17-21-5-8-23(51)9-6-21)26(18-22)61-16-15-60-14-13-59-12-11-44-30(52)4-2-1-3-29-31-25(20-64-29)45-38(58)47-31/h5-10,17-18,25,28-29,31-34,37,50-51,53-54H,1-4,11-16,19-20H2,(H,44,52)(H,46,55)(H,56,57)(H2,45,47,58)/b27-17-/t25?,28-,29?,31?,32-,33+,34-,37-/m1/s1. The maximum absolute atomic E-state index is 14.0. The van der Waals surface area contributed by atoms with Crippen LogP contribution in [0.2, 0.25) is 0 Å². The molecule has 24 heteroatoms. The topological polar surface area (TPSA) is 288 Å². The van der Waals surface area contributed by atoms with Crippen molar-refractivity contribution in [1.82, 2.24) is 21.3 Å². The van der Waals surface area contributed by atoms with Gasteiger partial charge in [-0.1, -0.05) is 24.6 Å². The molecule has 64 heavy (non-hydrogen) atoms. The van der Waals surface area contributed by atoms with Crippen LogP contribution in [0, 0.1) is 0 Å². The van der Waals surface area contributed by atoms with Crippen LogP contribution in [0.1, 0.15) is 47.2 Å². The number of carbonyl (C=O) groups is 4. The fourth-order valence-corrected chi connectivity index (χ4v) is 8.75. The molecule has 4 aliphatic heterocycles. The van der Waals surface area contributed by atoms with Crippen LogP contribution in [0.25, 0.3) is 6.08 Å². The number of aliphatic hydroxyl groups excluding tert-OH is 3. The number of thioether (sulfide) groups is 1. The highest BCUT2D eigenvalue weighted by Crippen LogP contribution is 2.53. The van der Waals surface area contributed by atoms with Crippen molar-refractivity contribution in [1.29, 1.82) is 0 Å². The van der Waals surface area contributed by atoms with Gasteiger partial charge in [-0.2, -0.15) is 24.9 Å². The predicted molar refractivity (Wildman–Crippen MR) is 217 cm³/mol. The fraction of sp³-hybridized carbons (Fsp3) is 0.550. The van der Waals surface area contributed by atoms with Gasteiger partial charge in [-0.05, 0) is 48.7 Å². The second kappa shape index (κ2) is 21.6. The largest absolute Gasteiger partial charge is 0.508 e. The highest BCUT2D eigenvalue weighted by atomic mass is 32.2. The summed E-state index contributed by atoms with van der Waals surface area (Å²) in [6.07, 6.45) is -8.14. The van der Waals surface area contributed by atoms with Gasteiger partial charge in [-0.15, -0.1) is 10.2 Å². The van der Waals surface area contributed by atoms with Crippen LogP contribution in [0.4, 0.5) is 18.0 Å². The van der Waals surface area contributed by atoms with Crippen molar-refractivity contribution in [3.05, 3.63) is 64.9 Å². The number of unbranched alkanes of at least 4 members (excludes halogenated alkanes) is 1. The van der Waals surface area contributed by atoms with E-state index in [1.165, 1.54) is 24.3 Å². The van der Waals surface area contributed by atoms with Gasteiger partial charge < -0.3 is 70.5 Å². The molecule has 0 aliphatic carbocycles. The van der Waals surface area contributed by atoms with Gasteiger partial charge in [0.1, 0.15) is 42.5 Å². The van der Waals surface area contributed by atoms with Crippen LogP contribution < -0.4 is 26.0 Å². The van der Waals surface area contributed by atoms with E-state index < -0.39 is 72.3 Å². The number of hydrogen-bond acceptors (Lipinski definition) is 16. The molecule has 2 aromatic carbocycles. The maximum Gasteiger partial charge on any atom is 0.442 e. The van der Waals surface area contributed by atoms with E-state index >= 15 is 0 Å². The first-order valence-corrected chi connectivity index (χ1v) is 21.4. The Balaban J connectivity index is 0.990. The number of alkyl halides is 3. The number of hydrogen-bond donors (Lipinski definition) is 9. The average Bonchev–Trinajstić information content (AvgIpc) is 3.90. The van der Waals surface area contributed by atoms with E-state index in [0.29, 0.717) is 18.1 Å². The Kier molecular flexibility index (Phi) is 16.3. The molecule has 4 amide bonds. The first-order chi connectivity index (χ1) is 30.6. The summed E-state index contributed by atoms with van der Waals surface area (Å²) in [6.45, 7) is -0.547. The lowest BCUT2D eigenvalue weighted by Crippen LogP contribution is -2.64. The number of phenolic OH excluding ortho intramolecular Hbond substituents is 1. The Morgan fingerprint density at radius 2 is 1.70 bits per heavy atom. The quantitative estimate of drug-likeness (QED) is 0.0331. The number of rotatable bonds is 23. The van der Waals surface area contributed by atoms with Crippen LogP contribution in [0.15, 0.2) is 58.5 Å². The van der Waals surface area contributed by atoms with Gasteiger partial charge in [-0.25, -0.2) is 9.59 Å². The van der Waals surface area contributed by atoms with Crippen molar-refractivity contribution in [3.8, 4) is 11.5 Å². The number of urea groups is 1. The number of aromatic hydroxyl groups is 1. The van der Waals surface area contributed by atoms with Crippen LogP contribution in [-0.2, 0) is 34.2 Å². The molecule has 350 valence electrons. The zero-order valence-electron chi connectivity index (χ0n) is 34.1. The molecule has 4 heterocycles. The third-order valence-corrected chi connectivity index (χ3v) is 12.2. The van der Waals surface area contributed by atoms with E-state index in [0.717, 1.165) is 42.9 Å². The smallest absolute Gasteiger partial charge is 0.442 e. The van der Waals surface area contributed by atoms with Crippen molar-refractivity contribution in [2.45, 2.75) is 85.5 Å². The predicted octanol–water partition coefficient (Wildman–Crippen LogP) is 1.51. The van der Waals surface area contributed by atoms with Crippen molar-refractivity contribution >= 4 is 41.7 Å². The number of carboxylic acids is 1. The summed E-state index contributed by atoms with van der Waals surface area (Å²) in [5.41, 5.74) is -3.46. The molecule has 0 spiro atoms. The molecule has 20 nitrogen and oxygen atoms in total. The molecule has 8 atom stereocenters. The first kappa shape index (κ1) is 48.2. The molecule has 3 fully saturated rings. The Hall–Kier alpha value is -5.24. The number of amides is 4. The molecule has 3 saturated heterocycles. The Bertz CT molecular complexity index is 2020. The number of fused-ring (bicyclic) bond motifs is 1. The number of phenols is 1. The third-order valence-electron chi connectivity index (χ3n) is 10.7. The number of halogens is 3. The van der Waals surface area contributed by atoms with Crippen LogP contribution in [0.5, 0.6) is 11.5 Å². The summed E-state index contributed by atoms with van der Waals surface area (Å²) in [6, 6.07) is 6.57. The second-order valence-electron chi connectivity index (χ2n) is 15.1. The fourth-order valence-electron chi connectivity index (χ4n) is 7.20. The molecular weight excluding hydrogens is 878 g/mol. The third kappa shape index (κ3) is 12.1. The summed E-state index contributed by atoms with van der Waals surface area (Å²) < 4.78 is 69.7. The minimum atomic E-state index is -4.92. The number of benzene rings is 2. The lowest BCUT2D eigenvalue weighted by atomic mass is 9.96. The summed E-state index contributed by atoms with van der Waals surface area (Å²) in [7, 11) is 0. The summed E-state index contributed by atoms with van der Waals surface area (Å²) in [5, 5.41) is 68.7. The number of nitrogens with one attached hydrogen (secondary N) is 4. The van der Waals surface area contributed by atoms with Gasteiger partial charge in [0.05, 0.1) is 50.7 Å². The van der Waals surface area contributed by atoms with Crippen LogP contribution in [-0.4, -0.2) is 155 Å². The molecule has 4 aliphatic rings. The van der Waals surface area contributed by atoms with Gasteiger partial charge in [-0.3, -0.25) is 9.59 Å². The number of ether oxygens (including phenoxy) is 5. The number of aliphatic hydroxyl groups is 3. The second-order valence-corrected chi connectivity index (χ2v) is 16.4. The molecule has 3 unspecified atom stereocenters. The highest BCUT2D eigenvalue weighted by Gasteiger charge is 2.65. The van der Waals surface area contributed by atoms with E-state index in [-0.39, 0.29) is 86.2 Å². The van der Waals surface area contributed by atoms with Gasteiger partial charge in [0.15, 0.2) is 0 Å². The van der Waals surface area contributed by atoms with E-state index in [9.17, 15) is 57.9 Å². The molecule has 0 radical (unpaired) electrons. The molecule has 0 aromatic heterocycles. The monoisotopic (exact) mass is 926 g/mol. The molecule has 6 rings (SSSR count). The van der Waals surface area contributed by atoms with Crippen LogP contribution >= 0.6 is 11.8 Å². The van der Waals surface area contributed by atoms with Gasteiger partial charge in [0.2, 0.25) is 18.0 Å². The number of aliphatic carboxylic acids is 1. The number of carbonyl (C=O) groups excluding carboxylic acids is 3. The van der Waals surface area contributed by atoms with E-state index in [1.807, 2.05) is 11.8 Å². The molecule has 0 bridgehead atoms. The maximum atomic E-state index is 14.0. The average molecular weight is 927 g/mol. The molecule has 9 N–H and O–H groups in total. The lowest BCUT2D eigenvalue weighted by molar-refractivity contribution is -0.258. The van der Waals surface area contributed by atoms with Crippen molar-refractivity contribution in [2.75, 3.05) is 51.9 Å². The van der Waals surface area contributed by atoms with E-state index in [2.05, 4.69) is 31.5 Å². The lowest BCUT2D eigenvalue weighted by Gasteiger charge is -2.42. The number of carboxylic acid groups (broad SMARTS) is 1. The van der Waals surface area contributed by atoms with Gasteiger partial charge in [0.25, 0.3) is 5.91 Å². The van der Waals surface area contributed by atoms with Crippen molar-refractivity contribution in [2.24, 2.45) is 10.2 Å². The Morgan fingerprint density at radius 1 is 0.984 bits per heavy atom. The van der Waals surface area contributed by atoms with Crippen LogP contribution in [0.3, 0.4) is 0 Å². The van der Waals surface area contributed by atoms with Gasteiger partial charge >= 0.3 is 23.8 Å². The number of nitrogens with zero attached hydrogens (tertiary/aromatic N) is 2. The Morgan fingerprint density at radius 3 is 2.39 bits per heavy atom. The van der Waals surface area contributed by atoms with E-state index in [4.69, 9.17) is 23.7 Å². The summed E-state index contributed by atoms with van der Waals surface area (Å²) >= 11 is 1.82. The minimum absolute atomic E-state index is 0.0777. The zero-order valence-corrected chi connectivity index (χ0v) is 34.9. The van der Waals surface area contributed by atoms with Crippen molar-refractivity contribution < 1.29 is 81.6 Å². The zero-order chi connectivity index (χ0) is 46.0. The van der Waals surface area contributed by atoms with Gasteiger partial charge in [0, 0.05) is 29.5 Å². The molecule has 0 saturated carbocycles. The van der Waals surface area contributed by atoms with Crippen molar-refractivity contribution in [3.63, 3.8) is 0 Å². The normalized spacial score (nSPS) is 25.8. The highest BCUT2D eigenvalue weighted by molar-refractivity contribution is 8.00. The van der Waals surface area contributed by atoms with E-state index in [1.54, 1.807) is 0 Å². The minimum Gasteiger partial charge on any atom is -0.508 e. The summed E-state index contributed by atoms with van der Waals surface area (Å²) in [4.78, 5) is 49.8. The summed E-state index contributed by atoms with van der Waals surface area (Å²) in [5.74, 6) is -3.17. The molecule has 2 aromatic rings. The SMILES string of the molecule is O=C(CCCCC1SCC2NC(=O)NC21)NCCOCCOCCOc1cc(C2(C(F)(F)F)N=N2)ccc1C(=O)N[C@H]1[C@H](O/C(=C\c2ccc(O)cc2)C(=O)O)O[C@H](CO)[C@H](O)[C@@H]1O. The molecular formula is C40H49F3N6O14S. The first-order valence-electron chi connectivity index (χ1n) is 20.3.